The molecule has 0 saturated heterocycles. The van der Waals surface area contributed by atoms with Crippen molar-refractivity contribution in [1.82, 2.24) is 4.90 Å². The molecule has 0 heterocycles. The van der Waals surface area contributed by atoms with E-state index >= 15 is 0 Å². The Morgan fingerprint density at radius 2 is 1.54 bits per heavy atom. The van der Waals surface area contributed by atoms with Crippen LogP contribution in [0.3, 0.4) is 0 Å². The van der Waals surface area contributed by atoms with E-state index in [0.717, 1.165) is 31.5 Å². The third-order valence-electron chi connectivity index (χ3n) is 4.12. The lowest BCUT2D eigenvalue weighted by Crippen LogP contribution is -2.32. The molecule has 2 aromatic rings. The van der Waals surface area contributed by atoms with Gasteiger partial charge in [0, 0.05) is 34.9 Å². The van der Waals surface area contributed by atoms with Crippen molar-refractivity contribution < 1.29 is 9.59 Å². The van der Waals surface area contributed by atoms with E-state index in [1.165, 1.54) is 0 Å². The highest BCUT2D eigenvalue weighted by atomic mass is 35.5. The van der Waals surface area contributed by atoms with E-state index in [2.05, 4.69) is 19.2 Å². The Hall–Kier alpha value is -2.33. The number of nitrogens with one attached hydrogen (secondary N) is 1. The summed E-state index contributed by atoms with van der Waals surface area (Å²) in [7, 11) is 0. The molecule has 0 aliphatic heterocycles. The first kappa shape index (κ1) is 20.0. The number of aryl methyl sites for hydroxylation is 1. The summed E-state index contributed by atoms with van der Waals surface area (Å²) in [4.78, 5) is 26.9. The summed E-state index contributed by atoms with van der Waals surface area (Å²) in [6.45, 7) is 7.50. The molecule has 2 amide bonds. The summed E-state index contributed by atoms with van der Waals surface area (Å²) in [5, 5.41) is 3.43. The van der Waals surface area contributed by atoms with Gasteiger partial charge in [-0.1, -0.05) is 31.5 Å². The predicted molar refractivity (Wildman–Crippen MR) is 107 cm³/mol. The minimum atomic E-state index is -0.228. The second kappa shape index (κ2) is 9.39. The Bertz CT molecular complexity index is 766. The third-order valence-corrected chi connectivity index (χ3v) is 4.35. The van der Waals surface area contributed by atoms with Gasteiger partial charge in [-0.05, 0) is 61.7 Å². The number of carbonyl (C=O) groups excluding carboxylic acids is 2. The SMILES string of the molecule is CCCN(CCC)C(=O)c1ccc(C(=O)Nc2cc(Cl)ccc2C)cc1. The average Bonchev–Trinajstić information content (AvgIpc) is 2.64. The molecule has 4 nitrogen and oxygen atoms in total. The fourth-order valence-corrected chi connectivity index (χ4v) is 2.90. The fourth-order valence-electron chi connectivity index (χ4n) is 2.72. The molecule has 2 aromatic carbocycles. The van der Waals surface area contributed by atoms with Crippen molar-refractivity contribution in [3.05, 3.63) is 64.2 Å². The molecule has 0 fully saturated rings. The minimum absolute atomic E-state index is 0.00587. The van der Waals surface area contributed by atoms with Crippen LogP contribution in [-0.2, 0) is 0 Å². The third kappa shape index (κ3) is 5.09. The van der Waals surface area contributed by atoms with Gasteiger partial charge in [-0.3, -0.25) is 9.59 Å². The molecule has 0 spiro atoms. The summed E-state index contributed by atoms with van der Waals surface area (Å²) in [6.07, 6.45) is 1.84. The van der Waals surface area contributed by atoms with Crippen molar-refractivity contribution in [2.75, 3.05) is 18.4 Å². The van der Waals surface area contributed by atoms with Crippen molar-refractivity contribution in [2.24, 2.45) is 0 Å². The van der Waals surface area contributed by atoms with E-state index in [1.54, 1.807) is 36.4 Å². The van der Waals surface area contributed by atoms with Gasteiger partial charge in [-0.25, -0.2) is 0 Å². The van der Waals surface area contributed by atoms with Crippen molar-refractivity contribution in [2.45, 2.75) is 33.6 Å². The maximum atomic E-state index is 12.6. The van der Waals surface area contributed by atoms with Gasteiger partial charge in [0.15, 0.2) is 0 Å². The number of hydrogen-bond donors (Lipinski definition) is 1. The van der Waals surface area contributed by atoms with Crippen LogP contribution < -0.4 is 5.32 Å². The predicted octanol–water partition coefficient (Wildman–Crippen LogP) is 5.16. The number of halogens is 1. The number of carbonyl (C=O) groups is 2. The van der Waals surface area contributed by atoms with Crippen molar-refractivity contribution in [3.63, 3.8) is 0 Å². The van der Waals surface area contributed by atoms with E-state index in [4.69, 9.17) is 11.6 Å². The number of amides is 2. The zero-order valence-electron chi connectivity index (χ0n) is 15.5. The lowest BCUT2D eigenvalue weighted by atomic mass is 10.1. The normalized spacial score (nSPS) is 10.5. The lowest BCUT2D eigenvalue weighted by Gasteiger charge is -2.21. The van der Waals surface area contributed by atoms with Crippen LogP contribution in [0.4, 0.5) is 5.69 Å². The Balaban J connectivity index is 2.11. The summed E-state index contributed by atoms with van der Waals surface area (Å²) in [5.74, 6) is -0.223. The van der Waals surface area contributed by atoms with E-state index in [9.17, 15) is 9.59 Å². The van der Waals surface area contributed by atoms with Crippen LogP contribution >= 0.6 is 11.6 Å². The number of nitrogens with zero attached hydrogens (tertiary/aromatic N) is 1. The molecule has 0 unspecified atom stereocenters. The zero-order valence-corrected chi connectivity index (χ0v) is 16.3. The van der Waals surface area contributed by atoms with E-state index in [0.29, 0.717) is 21.8 Å². The molecule has 0 bridgehead atoms. The first-order chi connectivity index (χ1) is 12.5. The average molecular weight is 373 g/mol. The first-order valence-corrected chi connectivity index (χ1v) is 9.30. The molecule has 26 heavy (non-hydrogen) atoms. The van der Waals surface area contributed by atoms with E-state index in [-0.39, 0.29) is 11.8 Å². The summed E-state index contributed by atoms with van der Waals surface area (Å²) >= 11 is 5.99. The van der Waals surface area contributed by atoms with E-state index in [1.807, 2.05) is 17.9 Å². The van der Waals surface area contributed by atoms with Crippen molar-refractivity contribution >= 4 is 29.1 Å². The number of rotatable bonds is 7. The molecule has 138 valence electrons. The molecule has 0 aliphatic carbocycles. The molecule has 5 heteroatoms. The van der Waals surface area contributed by atoms with Crippen LogP contribution in [0.25, 0.3) is 0 Å². The Kier molecular flexibility index (Phi) is 7.22. The Morgan fingerprint density at radius 1 is 0.962 bits per heavy atom. The maximum absolute atomic E-state index is 12.6. The van der Waals surface area contributed by atoms with Gasteiger partial charge in [0.2, 0.25) is 0 Å². The lowest BCUT2D eigenvalue weighted by molar-refractivity contribution is 0.0755. The van der Waals surface area contributed by atoms with Crippen LogP contribution in [0.15, 0.2) is 42.5 Å². The van der Waals surface area contributed by atoms with Gasteiger partial charge < -0.3 is 10.2 Å². The summed E-state index contributed by atoms with van der Waals surface area (Å²) in [6, 6.07) is 12.1. The van der Waals surface area contributed by atoms with Gasteiger partial charge in [-0.2, -0.15) is 0 Å². The highest BCUT2D eigenvalue weighted by molar-refractivity contribution is 6.31. The highest BCUT2D eigenvalue weighted by Crippen LogP contribution is 2.21. The second-order valence-corrected chi connectivity index (χ2v) is 6.72. The number of hydrogen-bond acceptors (Lipinski definition) is 2. The van der Waals surface area contributed by atoms with E-state index < -0.39 is 0 Å². The Labute approximate surface area is 160 Å². The molecule has 2 rings (SSSR count). The second-order valence-electron chi connectivity index (χ2n) is 6.28. The van der Waals surface area contributed by atoms with Gasteiger partial charge in [0.05, 0.1) is 0 Å². The molecular formula is C21H25ClN2O2. The monoisotopic (exact) mass is 372 g/mol. The van der Waals surface area contributed by atoms with Crippen LogP contribution in [-0.4, -0.2) is 29.8 Å². The van der Waals surface area contributed by atoms with Crippen LogP contribution in [0.2, 0.25) is 5.02 Å². The molecule has 0 aromatic heterocycles. The molecule has 0 aliphatic rings. The topological polar surface area (TPSA) is 49.4 Å². The standard InChI is InChI=1S/C21H25ClN2O2/c1-4-12-24(13-5-2)21(26)17-9-7-16(8-10-17)20(25)23-19-14-18(22)11-6-15(19)3/h6-11,14H,4-5,12-13H2,1-3H3,(H,23,25). The Morgan fingerprint density at radius 3 is 2.12 bits per heavy atom. The molecule has 0 atom stereocenters. The smallest absolute Gasteiger partial charge is 0.255 e. The minimum Gasteiger partial charge on any atom is -0.339 e. The van der Waals surface area contributed by atoms with Gasteiger partial charge in [0.1, 0.15) is 0 Å². The number of anilines is 1. The fraction of sp³-hybridized carbons (Fsp3) is 0.333. The van der Waals surface area contributed by atoms with Crippen LogP contribution in [0.5, 0.6) is 0 Å². The van der Waals surface area contributed by atoms with Gasteiger partial charge in [-0.15, -0.1) is 0 Å². The van der Waals surface area contributed by atoms with Crippen molar-refractivity contribution in [3.8, 4) is 0 Å². The largest absolute Gasteiger partial charge is 0.339 e. The number of benzene rings is 2. The molecule has 1 N–H and O–H groups in total. The van der Waals surface area contributed by atoms with Gasteiger partial charge >= 0.3 is 0 Å². The van der Waals surface area contributed by atoms with Gasteiger partial charge in [0.25, 0.3) is 11.8 Å². The quantitative estimate of drug-likeness (QED) is 0.729. The molecule has 0 saturated carbocycles. The molecule has 0 radical (unpaired) electrons. The van der Waals surface area contributed by atoms with Crippen molar-refractivity contribution in [1.29, 1.82) is 0 Å². The maximum Gasteiger partial charge on any atom is 0.255 e. The first-order valence-electron chi connectivity index (χ1n) is 8.93. The summed E-state index contributed by atoms with van der Waals surface area (Å²) in [5.41, 5.74) is 2.71. The molecular weight excluding hydrogens is 348 g/mol. The van der Waals surface area contributed by atoms with Crippen LogP contribution in [0, 0.1) is 6.92 Å². The highest BCUT2D eigenvalue weighted by Gasteiger charge is 2.15. The zero-order chi connectivity index (χ0) is 19.1. The van der Waals surface area contributed by atoms with Crippen LogP contribution in [0.1, 0.15) is 53.0 Å². The summed E-state index contributed by atoms with van der Waals surface area (Å²) < 4.78 is 0.